The third kappa shape index (κ3) is 4.77. The molecule has 0 amide bonds. The second-order valence-corrected chi connectivity index (χ2v) is 9.44. The lowest BCUT2D eigenvalue weighted by atomic mass is 10.0. The third-order valence-electron chi connectivity index (χ3n) is 4.11. The number of hydrogen-bond donors (Lipinski definition) is 1. The van der Waals surface area contributed by atoms with Gasteiger partial charge in [-0.3, -0.25) is 4.99 Å². The van der Waals surface area contributed by atoms with Gasteiger partial charge in [-0.25, -0.2) is 13.4 Å². The molecule has 1 aliphatic carbocycles. The molecule has 0 radical (unpaired) electrons. The summed E-state index contributed by atoms with van der Waals surface area (Å²) in [5, 5.41) is 2.75. The van der Waals surface area contributed by atoms with Gasteiger partial charge in [-0.05, 0) is 30.3 Å². The van der Waals surface area contributed by atoms with E-state index in [4.69, 9.17) is 0 Å². The van der Waals surface area contributed by atoms with E-state index in [1.165, 1.54) is 6.92 Å². The number of dihydropyridines is 1. The molecular weight excluding hydrogens is 444 g/mol. The maximum atomic E-state index is 13.0. The molecule has 1 atom stereocenters. The Morgan fingerprint density at radius 3 is 2.48 bits per heavy atom. The molecule has 2 heterocycles. The fourth-order valence-electron chi connectivity index (χ4n) is 2.77. The van der Waals surface area contributed by atoms with E-state index in [-0.39, 0.29) is 40.2 Å². The Morgan fingerprint density at radius 1 is 1.21 bits per heavy atom. The molecule has 5 nitrogen and oxygen atoms in total. The summed E-state index contributed by atoms with van der Waals surface area (Å²) in [4.78, 5) is 7.28. The maximum Gasteiger partial charge on any atom is 0.446 e. The topological polar surface area (TPSA) is 70.9 Å². The van der Waals surface area contributed by atoms with Crippen molar-refractivity contribution in [2.24, 2.45) is 9.98 Å². The second kappa shape index (κ2) is 7.35. The lowest BCUT2D eigenvalue weighted by Crippen LogP contribution is -2.30. The fourth-order valence-corrected chi connectivity index (χ4v) is 4.50. The standard InChI is InChI=1S/C16H13F6N3O2S2/c1-2-29(26,27)12-5-8(15(17,18)19)3-4-10(12)13-24-11-6-9(28-16(20,21)22)7-23-14(11)25-13/h3,5-7,14,25H,2,4H2,1H3. The summed E-state index contributed by atoms with van der Waals surface area (Å²) < 4.78 is 101. The van der Waals surface area contributed by atoms with Crippen LogP contribution >= 0.6 is 11.8 Å². The predicted molar refractivity (Wildman–Crippen MR) is 97.9 cm³/mol. The highest BCUT2D eigenvalue weighted by Gasteiger charge is 2.38. The Labute approximate surface area is 166 Å². The Bertz CT molecular complexity index is 1010. The molecule has 0 aromatic rings. The van der Waals surface area contributed by atoms with Crippen LogP contribution in [0.4, 0.5) is 26.3 Å². The van der Waals surface area contributed by atoms with Crippen LogP contribution < -0.4 is 5.32 Å². The number of aliphatic imine (C=N–C) groups is 2. The number of nitrogens with one attached hydrogen (secondary N) is 1. The molecule has 158 valence electrons. The number of sulfone groups is 1. The molecule has 13 heteroatoms. The van der Waals surface area contributed by atoms with Crippen molar-refractivity contribution in [1.29, 1.82) is 0 Å². The molecule has 0 fully saturated rings. The molecule has 0 spiro atoms. The van der Waals surface area contributed by atoms with Gasteiger partial charge < -0.3 is 5.32 Å². The zero-order valence-electron chi connectivity index (χ0n) is 14.6. The van der Waals surface area contributed by atoms with Crippen LogP contribution in [0.15, 0.2) is 55.0 Å². The van der Waals surface area contributed by atoms with Crippen molar-refractivity contribution in [1.82, 2.24) is 5.32 Å². The van der Waals surface area contributed by atoms with E-state index in [0.717, 1.165) is 18.4 Å². The number of thioether (sulfide) groups is 1. The highest BCUT2D eigenvalue weighted by Crippen LogP contribution is 2.39. The van der Waals surface area contributed by atoms with Crippen molar-refractivity contribution in [3.63, 3.8) is 0 Å². The first-order valence-corrected chi connectivity index (χ1v) is 10.6. The minimum absolute atomic E-state index is 0.00961. The van der Waals surface area contributed by atoms with Gasteiger partial charge in [0.15, 0.2) is 16.0 Å². The van der Waals surface area contributed by atoms with E-state index in [0.29, 0.717) is 6.08 Å². The summed E-state index contributed by atoms with van der Waals surface area (Å²) in [7, 11) is -4.02. The number of allylic oxidation sites excluding steroid dienone is 5. The van der Waals surface area contributed by atoms with Crippen LogP contribution in [0.25, 0.3) is 0 Å². The van der Waals surface area contributed by atoms with Gasteiger partial charge in [0.2, 0.25) is 0 Å². The molecule has 3 rings (SSSR count). The number of rotatable bonds is 3. The Hall–Kier alpha value is -2.02. The van der Waals surface area contributed by atoms with Crippen molar-refractivity contribution in [3.05, 3.63) is 45.0 Å². The summed E-state index contributed by atoms with van der Waals surface area (Å²) in [6, 6.07) is 0. The quantitative estimate of drug-likeness (QED) is 0.651. The van der Waals surface area contributed by atoms with E-state index in [9.17, 15) is 34.8 Å². The zero-order chi connectivity index (χ0) is 21.6. The van der Waals surface area contributed by atoms with Crippen molar-refractivity contribution in [3.8, 4) is 0 Å². The van der Waals surface area contributed by atoms with E-state index in [1.807, 2.05) is 0 Å². The summed E-state index contributed by atoms with van der Waals surface area (Å²) in [5.41, 5.74) is -5.49. The summed E-state index contributed by atoms with van der Waals surface area (Å²) in [5.74, 6) is -0.456. The molecule has 1 N–H and O–H groups in total. The van der Waals surface area contributed by atoms with Crippen molar-refractivity contribution >= 4 is 33.5 Å². The van der Waals surface area contributed by atoms with Crippen LogP contribution in [-0.4, -0.2) is 43.9 Å². The zero-order valence-corrected chi connectivity index (χ0v) is 16.2. The first-order chi connectivity index (χ1) is 13.3. The maximum absolute atomic E-state index is 13.0. The monoisotopic (exact) mass is 457 g/mol. The second-order valence-electron chi connectivity index (χ2n) is 6.06. The highest BCUT2D eigenvalue weighted by atomic mass is 32.2. The van der Waals surface area contributed by atoms with Crippen LogP contribution in [-0.2, 0) is 9.84 Å². The van der Waals surface area contributed by atoms with Crippen LogP contribution in [0.3, 0.4) is 0 Å². The summed E-state index contributed by atoms with van der Waals surface area (Å²) in [6.07, 6.45) is -2.37. The van der Waals surface area contributed by atoms with E-state index < -0.39 is 43.9 Å². The SMILES string of the molecule is CCS(=O)(=O)C1=CC(C(F)(F)F)=CCC1=C1N=C2C=C(SC(F)(F)F)C=NC2N1. The van der Waals surface area contributed by atoms with Crippen molar-refractivity contribution in [2.45, 2.75) is 31.2 Å². The smallest absolute Gasteiger partial charge is 0.343 e. The number of alkyl halides is 6. The lowest BCUT2D eigenvalue weighted by Gasteiger charge is -2.20. The summed E-state index contributed by atoms with van der Waals surface area (Å²) in [6.45, 7) is 1.30. The van der Waals surface area contributed by atoms with Gasteiger partial charge in [-0.1, -0.05) is 13.0 Å². The number of nitrogens with zero attached hydrogens (tertiary/aromatic N) is 2. The molecular formula is C16H13F6N3O2S2. The molecule has 0 aromatic heterocycles. The minimum atomic E-state index is -4.72. The van der Waals surface area contributed by atoms with Gasteiger partial charge >= 0.3 is 11.7 Å². The minimum Gasteiger partial charge on any atom is -0.343 e. The Morgan fingerprint density at radius 2 is 1.90 bits per heavy atom. The third-order valence-corrected chi connectivity index (χ3v) is 6.59. The molecule has 0 bridgehead atoms. The number of fused-ring (bicyclic) bond motifs is 1. The Balaban J connectivity index is 2.02. The highest BCUT2D eigenvalue weighted by molar-refractivity contribution is 8.04. The van der Waals surface area contributed by atoms with Crippen molar-refractivity contribution in [2.75, 3.05) is 5.75 Å². The first kappa shape index (κ1) is 21.7. The predicted octanol–water partition coefficient (Wildman–Crippen LogP) is 4.00. The van der Waals surface area contributed by atoms with Crippen LogP contribution in [0.1, 0.15) is 13.3 Å². The van der Waals surface area contributed by atoms with Gasteiger partial charge in [0.1, 0.15) is 5.82 Å². The molecule has 0 saturated heterocycles. The normalized spacial score (nSPS) is 25.0. The number of halogens is 6. The largest absolute Gasteiger partial charge is 0.446 e. The van der Waals surface area contributed by atoms with E-state index in [2.05, 4.69) is 15.3 Å². The van der Waals surface area contributed by atoms with Crippen molar-refractivity contribution < 1.29 is 34.8 Å². The summed E-state index contributed by atoms with van der Waals surface area (Å²) >= 11 is -0.380. The van der Waals surface area contributed by atoms with Gasteiger partial charge in [0.25, 0.3) is 0 Å². The molecule has 2 aliphatic heterocycles. The molecule has 0 saturated carbocycles. The van der Waals surface area contributed by atoms with Gasteiger partial charge in [0, 0.05) is 16.7 Å². The first-order valence-electron chi connectivity index (χ1n) is 8.11. The van der Waals surface area contributed by atoms with Gasteiger partial charge in [0.05, 0.1) is 21.9 Å². The van der Waals surface area contributed by atoms with Gasteiger partial charge in [-0.2, -0.15) is 26.3 Å². The molecule has 1 unspecified atom stereocenters. The van der Waals surface area contributed by atoms with E-state index >= 15 is 0 Å². The molecule has 29 heavy (non-hydrogen) atoms. The van der Waals surface area contributed by atoms with E-state index in [1.54, 1.807) is 0 Å². The molecule has 0 aromatic carbocycles. The van der Waals surface area contributed by atoms with Gasteiger partial charge in [-0.15, -0.1) is 0 Å². The van der Waals surface area contributed by atoms with Crippen LogP contribution in [0.5, 0.6) is 0 Å². The van der Waals surface area contributed by atoms with Crippen LogP contribution in [0.2, 0.25) is 0 Å². The number of hydrogen-bond acceptors (Lipinski definition) is 6. The van der Waals surface area contributed by atoms with Crippen LogP contribution in [0, 0.1) is 0 Å². The lowest BCUT2D eigenvalue weighted by molar-refractivity contribution is -0.0885. The molecule has 3 aliphatic rings. The Kier molecular flexibility index (Phi) is 5.49. The fraction of sp³-hybridized carbons (Fsp3) is 0.375. The average molecular weight is 457 g/mol. The average Bonchev–Trinajstić information content (AvgIpc) is 3.02.